The summed E-state index contributed by atoms with van der Waals surface area (Å²) in [5.41, 5.74) is 0.854. The fraction of sp³-hybridized carbons (Fsp3) is 0.524. The van der Waals surface area contributed by atoms with Crippen molar-refractivity contribution in [2.45, 2.75) is 51.6 Å². The number of amides is 1. The Hall–Kier alpha value is -2.10. The lowest BCUT2D eigenvalue weighted by molar-refractivity contribution is -0.138. The highest BCUT2D eigenvalue weighted by atomic mass is 16.2. The van der Waals surface area contributed by atoms with Crippen LogP contribution >= 0.6 is 0 Å². The van der Waals surface area contributed by atoms with Gasteiger partial charge in [0.05, 0.1) is 5.52 Å². The predicted molar refractivity (Wildman–Crippen MR) is 99.4 cm³/mol. The van der Waals surface area contributed by atoms with Gasteiger partial charge >= 0.3 is 0 Å². The van der Waals surface area contributed by atoms with E-state index in [2.05, 4.69) is 11.8 Å². The highest BCUT2D eigenvalue weighted by Crippen LogP contribution is 2.38. The molecule has 2 fully saturated rings. The number of fused-ring (bicyclic) bond motifs is 2. The van der Waals surface area contributed by atoms with Gasteiger partial charge in [-0.3, -0.25) is 9.59 Å². The zero-order chi connectivity index (χ0) is 17.4. The van der Waals surface area contributed by atoms with Gasteiger partial charge in [0.15, 0.2) is 5.43 Å². The topological polar surface area (TPSA) is 42.3 Å². The van der Waals surface area contributed by atoms with E-state index in [9.17, 15) is 9.59 Å². The van der Waals surface area contributed by atoms with Gasteiger partial charge in [0.2, 0.25) is 5.91 Å². The lowest BCUT2D eigenvalue weighted by Gasteiger charge is -2.45. The number of rotatable bonds is 2. The van der Waals surface area contributed by atoms with E-state index in [-0.39, 0.29) is 11.3 Å². The van der Waals surface area contributed by atoms with Crippen LogP contribution in [0, 0.1) is 11.8 Å². The van der Waals surface area contributed by atoms with E-state index in [0.717, 1.165) is 30.8 Å². The number of para-hydroxylation sites is 1. The van der Waals surface area contributed by atoms with Gasteiger partial charge in [-0.15, -0.1) is 0 Å². The quantitative estimate of drug-likeness (QED) is 0.842. The van der Waals surface area contributed by atoms with Gasteiger partial charge in [-0.1, -0.05) is 19.1 Å². The van der Waals surface area contributed by atoms with Gasteiger partial charge in [0, 0.05) is 30.2 Å². The molecule has 1 aromatic carbocycles. The molecule has 0 radical (unpaired) electrons. The van der Waals surface area contributed by atoms with Crippen molar-refractivity contribution in [3.05, 3.63) is 46.8 Å². The van der Waals surface area contributed by atoms with E-state index >= 15 is 0 Å². The van der Waals surface area contributed by atoms with E-state index in [1.807, 2.05) is 28.8 Å². The molecule has 1 saturated heterocycles. The van der Waals surface area contributed by atoms with Crippen LogP contribution in [0.25, 0.3) is 10.9 Å². The number of aromatic nitrogens is 1. The maximum Gasteiger partial charge on any atom is 0.242 e. The van der Waals surface area contributed by atoms with Gasteiger partial charge in [-0.2, -0.15) is 0 Å². The summed E-state index contributed by atoms with van der Waals surface area (Å²) in [4.78, 5) is 27.2. The van der Waals surface area contributed by atoms with Crippen LogP contribution in [0.5, 0.6) is 0 Å². The molecular weight excluding hydrogens is 312 g/mol. The van der Waals surface area contributed by atoms with Gasteiger partial charge in [0.25, 0.3) is 0 Å². The molecule has 3 unspecified atom stereocenters. The van der Waals surface area contributed by atoms with Crippen molar-refractivity contribution in [3.8, 4) is 0 Å². The smallest absolute Gasteiger partial charge is 0.242 e. The third kappa shape index (κ3) is 3.10. The Kier molecular flexibility index (Phi) is 4.36. The minimum Gasteiger partial charge on any atom is -0.338 e. The summed E-state index contributed by atoms with van der Waals surface area (Å²) in [6.07, 6.45) is 7.76. The number of piperidine rings is 1. The first-order valence-electron chi connectivity index (χ1n) is 9.51. The van der Waals surface area contributed by atoms with Crippen molar-refractivity contribution in [2.24, 2.45) is 11.8 Å². The van der Waals surface area contributed by atoms with Crippen LogP contribution in [0.3, 0.4) is 0 Å². The number of carbonyl (C=O) groups is 1. The molecule has 2 heterocycles. The third-order valence-corrected chi connectivity index (χ3v) is 6.09. The number of pyridine rings is 1. The number of hydrogen-bond acceptors (Lipinski definition) is 2. The Morgan fingerprint density at radius 3 is 2.88 bits per heavy atom. The van der Waals surface area contributed by atoms with Crippen LogP contribution in [-0.2, 0) is 11.3 Å². The Morgan fingerprint density at radius 2 is 2.00 bits per heavy atom. The summed E-state index contributed by atoms with van der Waals surface area (Å²) < 4.78 is 1.92. The summed E-state index contributed by atoms with van der Waals surface area (Å²) in [5, 5.41) is 0.681. The lowest BCUT2D eigenvalue weighted by Crippen LogP contribution is -2.51. The van der Waals surface area contributed by atoms with E-state index in [4.69, 9.17) is 0 Å². The van der Waals surface area contributed by atoms with Gasteiger partial charge < -0.3 is 9.47 Å². The zero-order valence-electron chi connectivity index (χ0n) is 14.9. The summed E-state index contributed by atoms with van der Waals surface area (Å²) in [6, 6.07) is 9.53. The Morgan fingerprint density at radius 1 is 1.16 bits per heavy atom. The van der Waals surface area contributed by atoms with Crippen LogP contribution < -0.4 is 5.43 Å². The molecule has 132 valence electrons. The van der Waals surface area contributed by atoms with E-state index in [1.54, 1.807) is 12.3 Å². The van der Waals surface area contributed by atoms with Crippen molar-refractivity contribution in [3.63, 3.8) is 0 Å². The Balaban J connectivity index is 1.58. The van der Waals surface area contributed by atoms with Crippen molar-refractivity contribution < 1.29 is 4.79 Å². The molecule has 1 saturated carbocycles. The average Bonchev–Trinajstić information content (AvgIpc) is 2.63. The maximum atomic E-state index is 13.1. The van der Waals surface area contributed by atoms with Crippen LogP contribution in [0.2, 0.25) is 0 Å². The largest absolute Gasteiger partial charge is 0.338 e. The second-order valence-corrected chi connectivity index (χ2v) is 7.80. The standard InChI is InChI=1S/C21H26N2O2/c1-15-8-9-18-16(13-15)5-4-11-23(18)21(25)14-22-12-10-20(24)17-6-2-3-7-19(17)22/h2-3,6-7,10,12,15-16,18H,4-5,8-9,11,13-14H2,1H3. The maximum absolute atomic E-state index is 13.1. The minimum atomic E-state index is 0.0126. The highest BCUT2D eigenvalue weighted by molar-refractivity contribution is 5.82. The number of hydrogen-bond donors (Lipinski definition) is 0. The van der Waals surface area contributed by atoms with Gasteiger partial charge in [0.1, 0.15) is 6.54 Å². The average molecular weight is 338 g/mol. The highest BCUT2D eigenvalue weighted by Gasteiger charge is 2.37. The predicted octanol–water partition coefficient (Wildman–Crippen LogP) is 3.43. The van der Waals surface area contributed by atoms with Crippen molar-refractivity contribution in [1.29, 1.82) is 0 Å². The van der Waals surface area contributed by atoms with Crippen molar-refractivity contribution in [1.82, 2.24) is 9.47 Å². The summed E-state index contributed by atoms with van der Waals surface area (Å²) in [7, 11) is 0. The van der Waals surface area contributed by atoms with E-state index in [0.29, 0.717) is 23.9 Å². The SMILES string of the molecule is CC1CCC2C(CCCN2C(=O)Cn2ccc(=O)c3ccccc32)C1. The van der Waals surface area contributed by atoms with Gasteiger partial charge in [-0.05, 0) is 56.1 Å². The number of benzene rings is 1. The summed E-state index contributed by atoms with van der Waals surface area (Å²) in [6.45, 7) is 3.54. The Labute approximate surface area is 148 Å². The molecule has 2 aliphatic rings. The molecular formula is C21H26N2O2. The first kappa shape index (κ1) is 16.4. The third-order valence-electron chi connectivity index (χ3n) is 6.09. The van der Waals surface area contributed by atoms with Gasteiger partial charge in [-0.25, -0.2) is 0 Å². The molecule has 0 N–H and O–H groups in total. The minimum absolute atomic E-state index is 0.0126. The molecule has 0 spiro atoms. The molecule has 4 heteroatoms. The first-order chi connectivity index (χ1) is 12.1. The van der Waals surface area contributed by atoms with E-state index in [1.165, 1.54) is 19.3 Å². The summed E-state index contributed by atoms with van der Waals surface area (Å²) >= 11 is 0. The molecule has 3 atom stereocenters. The first-order valence-corrected chi connectivity index (χ1v) is 9.51. The van der Waals surface area contributed by atoms with Crippen LogP contribution in [-0.4, -0.2) is 28.0 Å². The molecule has 1 aliphatic heterocycles. The molecule has 0 bridgehead atoms. The fourth-order valence-electron chi connectivity index (χ4n) is 4.84. The molecule has 2 aromatic rings. The molecule has 4 rings (SSSR count). The second kappa shape index (κ2) is 6.66. The van der Waals surface area contributed by atoms with Crippen LogP contribution in [0.1, 0.15) is 39.0 Å². The van der Waals surface area contributed by atoms with Crippen molar-refractivity contribution in [2.75, 3.05) is 6.54 Å². The molecule has 1 aromatic heterocycles. The molecule has 25 heavy (non-hydrogen) atoms. The second-order valence-electron chi connectivity index (χ2n) is 7.80. The van der Waals surface area contributed by atoms with Crippen LogP contribution in [0.4, 0.5) is 0 Å². The number of likely N-dealkylation sites (tertiary alicyclic amines) is 1. The summed E-state index contributed by atoms with van der Waals surface area (Å²) in [5.74, 6) is 1.66. The monoisotopic (exact) mass is 338 g/mol. The molecule has 1 amide bonds. The fourth-order valence-corrected chi connectivity index (χ4v) is 4.84. The number of nitrogens with zero attached hydrogens (tertiary/aromatic N) is 2. The lowest BCUT2D eigenvalue weighted by atomic mass is 9.74. The van der Waals surface area contributed by atoms with Crippen LogP contribution in [0.15, 0.2) is 41.3 Å². The van der Waals surface area contributed by atoms with E-state index < -0.39 is 0 Å². The molecule has 4 nitrogen and oxygen atoms in total. The molecule has 1 aliphatic carbocycles. The number of carbonyl (C=O) groups excluding carboxylic acids is 1. The van der Waals surface area contributed by atoms with Crippen molar-refractivity contribution >= 4 is 16.8 Å². The zero-order valence-corrected chi connectivity index (χ0v) is 14.9. The Bertz CT molecular complexity index is 841. The normalized spacial score (nSPS) is 26.4.